The molecule has 3 aromatic heterocycles. The average molecular weight is 1230 g/mol. The van der Waals surface area contributed by atoms with Crippen LogP contribution in [0.1, 0.15) is 98.4 Å². The van der Waals surface area contributed by atoms with E-state index < -0.39 is 13.7 Å². The molecule has 5 nitrogen and oxygen atoms in total. The van der Waals surface area contributed by atoms with Gasteiger partial charge >= 0.3 is 0 Å². The van der Waals surface area contributed by atoms with E-state index in [0.29, 0.717) is 28.4 Å². The first-order valence-corrected chi connectivity index (χ1v) is 27.1. The van der Waals surface area contributed by atoms with Gasteiger partial charge in [-0.15, -0.1) is 29.7 Å². The van der Waals surface area contributed by atoms with Crippen LogP contribution >= 0.6 is 0 Å². The molecule has 0 fully saturated rings. The van der Waals surface area contributed by atoms with E-state index in [0.717, 1.165) is 83.2 Å². The number of para-hydroxylation sites is 3. The van der Waals surface area contributed by atoms with Crippen molar-refractivity contribution in [2.45, 2.75) is 92.3 Å². The third-order valence-corrected chi connectivity index (χ3v) is 15.7. The Hall–Kier alpha value is -8.11. The average Bonchev–Trinajstić information content (AvgIpc) is 1.56. The summed E-state index contributed by atoms with van der Waals surface area (Å²) >= 11 is 0. The molecule has 13 rings (SSSR count). The number of nitrogens with zero attached hydrogens (tertiary/aromatic N) is 4. The Labute approximate surface area is 493 Å². The molecule has 0 amide bonds. The van der Waals surface area contributed by atoms with Crippen LogP contribution in [-0.4, -0.2) is 14.1 Å². The fraction of sp³-hybridized carbons (Fsp3) is 0.189. The zero-order chi connectivity index (χ0) is 59.7. The van der Waals surface area contributed by atoms with Crippen LogP contribution < -0.4 is 9.30 Å². The van der Waals surface area contributed by atoms with Gasteiger partial charge in [0.2, 0.25) is 0 Å². The van der Waals surface area contributed by atoms with Gasteiger partial charge in [-0.2, -0.15) is 18.2 Å². The van der Waals surface area contributed by atoms with E-state index in [1.807, 2.05) is 76.0 Å². The van der Waals surface area contributed by atoms with E-state index >= 15 is 0 Å². The summed E-state index contributed by atoms with van der Waals surface area (Å²) in [5.74, 6) is 1.72. The fourth-order valence-electron chi connectivity index (χ4n) is 11.5. The molecule has 0 saturated heterocycles. The zero-order valence-electron chi connectivity index (χ0n) is 52.4. The molecule has 0 saturated carbocycles. The molecule has 9 aromatic carbocycles. The quantitative estimate of drug-likeness (QED) is 0.123. The first-order valence-electron chi connectivity index (χ1n) is 30.1. The maximum atomic E-state index is 8.97. The van der Waals surface area contributed by atoms with Gasteiger partial charge in [0.25, 0.3) is 6.33 Å². The summed E-state index contributed by atoms with van der Waals surface area (Å²) in [6.07, 6.45) is 5.67. The number of rotatable bonds is 6. The molecule has 0 radical (unpaired) electrons. The second-order valence-electron chi connectivity index (χ2n) is 24.1. The summed E-state index contributed by atoms with van der Waals surface area (Å²) in [6.45, 7) is 14.7. The largest absolute Gasteiger partial charge is 0.510 e. The van der Waals surface area contributed by atoms with Crippen LogP contribution in [0.15, 0.2) is 188 Å². The van der Waals surface area contributed by atoms with Crippen molar-refractivity contribution in [3.8, 4) is 84.3 Å². The van der Waals surface area contributed by atoms with Gasteiger partial charge in [0.05, 0.1) is 16.7 Å². The third-order valence-electron chi connectivity index (χ3n) is 15.7. The number of benzene rings is 9. The molecule has 0 spiro atoms. The standard InChI is InChI=1S/C74H64N4O.Pt/c1-46-20-16-21-47(2)69(46)63-29-18-27-62-64-40-48(49-38-51(73(6,7)8)41-52(39-49)74(9,10)11)32-34-58(64)56-24-12-13-25-57(56)61-28-19-31-66-71(61)77(70(62)63)45-76(66)53-22-17-23-54(43-53)79-55-33-35-60-59-26-14-15-30-65(59)78(67(60)44-55)68-42-50(36-37-75-68)72(3,4)5;/h12-42H,1-11H3;/q-2;/i1D3,2D3;. The van der Waals surface area contributed by atoms with Crippen molar-refractivity contribution in [2.75, 3.05) is 0 Å². The smallest absolute Gasteiger partial charge is 0.268 e. The topological polar surface area (TPSA) is 35.9 Å². The number of pyridine rings is 1. The van der Waals surface area contributed by atoms with Gasteiger partial charge in [0.1, 0.15) is 5.82 Å². The van der Waals surface area contributed by atoms with E-state index in [1.165, 1.54) is 34.9 Å². The van der Waals surface area contributed by atoms with Gasteiger partial charge in [0.15, 0.2) is 0 Å². The Bertz CT molecular complexity index is 4620. The second-order valence-corrected chi connectivity index (χ2v) is 24.1. The minimum atomic E-state index is -2.68. The van der Waals surface area contributed by atoms with E-state index in [4.69, 9.17) is 17.9 Å². The van der Waals surface area contributed by atoms with Crippen LogP contribution in [0.25, 0.3) is 106 Å². The number of imidazole rings is 1. The van der Waals surface area contributed by atoms with Crippen LogP contribution in [0, 0.1) is 32.2 Å². The molecule has 1 aliphatic rings. The van der Waals surface area contributed by atoms with Gasteiger partial charge < -0.3 is 13.9 Å². The van der Waals surface area contributed by atoms with E-state index in [9.17, 15) is 0 Å². The SMILES string of the molecule is [2H]C([2H])([2H])c1cccc(C([2H])([2H])[2H])c1-c1cccc2c1-[n+]1[c-]n(-c3[c-]c(Oc4[c-]c5c(cc4)c4ccccc4n5-c4cc(C(C)(C)C)ccn4)ccc3)c3cccc(c31)-c1ccccc1-c1ccc(-c3cc(C(C)(C)C)cc(C(C)(C)C)c3)cc1-2.[Pt]. The van der Waals surface area contributed by atoms with E-state index in [-0.39, 0.29) is 54.0 Å². The Kier molecular flexibility index (Phi) is 11.2. The first kappa shape index (κ1) is 45.7. The van der Waals surface area contributed by atoms with Crippen LogP contribution in [0.2, 0.25) is 0 Å². The number of hydrogen-bond donors (Lipinski definition) is 0. The number of aryl methyl sites for hydroxylation is 2. The molecule has 0 bridgehead atoms. The molecule has 0 atom stereocenters. The van der Waals surface area contributed by atoms with Gasteiger partial charge in [-0.25, -0.2) is 4.98 Å². The molecule has 80 heavy (non-hydrogen) atoms. The first-order chi connectivity index (χ1) is 40.3. The molecule has 1 aliphatic heterocycles. The molecule has 398 valence electrons. The van der Waals surface area contributed by atoms with Crippen molar-refractivity contribution in [2.24, 2.45) is 0 Å². The monoisotopic (exact) mass is 1230 g/mol. The van der Waals surface area contributed by atoms with Crippen molar-refractivity contribution in [1.29, 1.82) is 0 Å². The summed E-state index contributed by atoms with van der Waals surface area (Å²) in [7, 11) is 0. The van der Waals surface area contributed by atoms with Crippen LogP contribution in [-0.2, 0) is 37.3 Å². The van der Waals surface area contributed by atoms with Crippen LogP contribution in [0.5, 0.6) is 11.5 Å². The van der Waals surface area contributed by atoms with Gasteiger partial charge in [0, 0.05) is 52.5 Å². The minimum absolute atomic E-state index is 0. The Morgan fingerprint density at radius 2 is 1.10 bits per heavy atom. The Morgan fingerprint density at radius 3 is 1.84 bits per heavy atom. The van der Waals surface area contributed by atoms with Crippen LogP contribution in [0.3, 0.4) is 0 Å². The summed E-state index contributed by atoms with van der Waals surface area (Å²) in [4.78, 5) is 4.88. The molecule has 0 N–H and O–H groups in total. The molecule has 4 heterocycles. The number of aromatic nitrogens is 4. The predicted octanol–water partition coefficient (Wildman–Crippen LogP) is 18.7. The summed E-state index contributed by atoms with van der Waals surface area (Å²) in [5, 5.41) is 2.09. The number of ether oxygens (including phenoxy) is 1. The number of hydrogen-bond acceptors (Lipinski definition) is 2. The molecular weight excluding hydrogens is 1160 g/mol. The Morgan fingerprint density at radius 1 is 0.487 bits per heavy atom. The second kappa shape index (κ2) is 19.6. The molecule has 0 aliphatic carbocycles. The predicted molar refractivity (Wildman–Crippen MR) is 326 cm³/mol. The maximum Gasteiger partial charge on any atom is 0.268 e. The van der Waals surface area contributed by atoms with Gasteiger partial charge in [-0.3, -0.25) is 4.57 Å². The summed E-state index contributed by atoms with van der Waals surface area (Å²) in [5.41, 5.74) is 15.7. The zero-order valence-corrected chi connectivity index (χ0v) is 48.7. The van der Waals surface area contributed by atoms with E-state index in [2.05, 4.69) is 188 Å². The maximum absolute atomic E-state index is 8.97. The van der Waals surface area contributed by atoms with Crippen molar-refractivity contribution in [1.82, 2.24) is 14.1 Å². The van der Waals surface area contributed by atoms with Gasteiger partial charge in [-0.1, -0.05) is 195 Å². The van der Waals surface area contributed by atoms with Crippen molar-refractivity contribution < 1.29 is 38.6 Å². The van der Waals surface area contributed by atoms with Crippen molar-refractivity contribution in [3.05, 3.63) is 234 Å². The van der Waals surface area contributed by atoms with Crippen LogP contribution in [0.4, 0.5) is 0 Å². The molecular formula is C74H64N4OPt-2. The van der Waals surface area contributed by atoms with Crippen molar-refractivity contribution in [3.63, 3.8) is 0 Å². The Balaban J connectivity index is 0.00000724. The minimum Gasteiger partial charge on any atom is -0.510 e. The normalized spacial score (nSPS) is 13.8. The van der Waals surface area contributed by atoms with Crippen molar-refractivity contribution >= 4 is 32.8 Å². The third kappa shape index (κ3) is 9.01. The number of fused-ring (bicyclic) bond motifs is 10. The fourth-order valence-corrected chi connectivity index (χ4v) is 11.5. The molecule has 12 aromatic rings. The molecule has 6 heteroatoms. The van der Waals surface area contributed by atoms with E-state index in [1.54, 1.807) is 0 Å². The summed E-state index contributed by atoms with van der Waals surface area (Å²) in [6, 6.07) is 68.1. The van der Waals surface area contributed by atoms with Gasteiger partial charge in [-0.05, 0) is 149 Å². The summed E-state index contributed by atoms with van der Waals surface area (Å²) < 4.78 is 66.7. The molecule has 0 unspecified atom stereocenters.